The summed E-state index contributed by atoms with van der Waals surface area (Å²) in [7, 11) is 0. The van der Waals surface area contributed by atoms with Gasteiger partial charge in [-0.25, -0.2) is 0 Å². The third-order valence-corrected chi connectivity index (χ3v) is 8.78. The van der Waals surface area contributed by atoms with E-state index in [2.05, 4.69) is 17.1 Å². The van der Waals surface area contributed by atoms with E-state index in [1.54, 1.807) is 48.5 Å². The minimum Gasteiger partial charge on any atom is -0.507 e. The number of thioether (sulfide) groups is 1. The number of hydrogen-bond donors (Lipinski definition) is 1. The number of hydrogen-bond acceptors (Lipinski definition) is 9. The predicted molar refractivity (Wildman–Crippen MR) is 165 cm³/mol. The van der Waals surface area contributed by atoms with Gasteiger partial charge >= 0.3 is 5.91 Å². The number of aromatic nitrogens is 2. The molecule has 10 heteroatoms. The first-order chi connectivity index (χ1) is 20.5. The van der Waals surface area contributed by atoms with Crippen LogP contribution in [-0.2, 0) is 15.3 Å². The highest BCUT2D eigenvalue weighted by atomic mass is 32.2. The van der Waals surface area contributed by atoms with Gasteiger partial charge in [-0.05, 0) is 60.9 Å². The van der Waals surface area contributed by atoms with Gasteiger partial charge in [-0.3, -0.25) is 14.5 Å². The molecule has 1 aromatic heterocycles. The summed E-state index contributed by atoms with van der Waals surface area (Å²) in [5, 5.41) is 20.3. The van der Waals surface area contributed by atoms with Gasteiger partial charge in [0, 0.05) is 11.3 Å². The van der Waals surface area contributed by atoms with Gasteiger partial charge in [-0.2, -0.15) is 0 Å². The molecule has 1 aliphatic heterocycles. The fourth-order valence-corrected chi connectivity index (χ4v) is 6.36. The first-order valence-corrected chi connectivity index (χ1v) is 15.6. The van der Waals surface area contributed by atoms with E-state index in [9.17, 15) is 14.7 Å². The zero-order valence-electron chi connectivity index (χ0n) is 23.4. The van der Waals surface area contributed by atoms with Crippen molar-refractivity contribution in [2.24, 2.45) is 0 Å². The topological polar surface area (TPSA) is 102 Å². The Kier molecular flexibility index (Phi) is 9.55. The molecular formula is C32H31N3O5S2. The molecule has 1 aliphatic rings. The number of amides is 1. The molecular weight excluding hydrogens is 571 g/mol. The number of unbranched alkanes of at least 4 members (excludes halogenated alkanes) is 1. The molecule has 0 spiro atoms. The van der Waals surface area contributed by atoms with Crippen LogP contribution in [0.2, 0.25) is 0 Å². The summed E-state index contributed by atoms with van der Waals surface area (Å²) in [4.78, 5) is 28.4. The maximum atomic E-state index is 13.5. The van der Waals surface area contributed by atoms with Gasteiger partial charge in [0.2, 0.25) is 5.13 Å². The van der Waals surface area contributed by atoms with Crippen LogP contribution in [0.3, 0.4) is 0 Å². The van der Waals surface area contributed by atoms with Crippen LogP contribution in [0.5, 0.6) is 11.5 Å². The van der Waals surface area contributed by atoms with Crippen molar-refractivity contribution in [2.75, 3.05) is 18.1 Å². The average Bonchev–Trinajstić information content (AvgIpc) is 3.59. The minimum atomic E-state index is -0.902. The highest BCUT2D eigenvalue weighted by Crippen LogP contribution is 2.44. The number of rotatable bonds is 12. The average molecular weight is 602 g/mol. The maximum absolute atomic E-state index is 13.5. The number of aliphatic hydroxyl groups is 1. The normalized spacial score (nSPS) is 16.1. The van der Waals surface area contributed by atoms with E-state index in [-0.39, 0.29) is 16.5 Å². The van der Waals surface area contributed by atoms with E-state index >= 15 is 0 Å². The fraction of sp³-hybridized carbons (Fsp3) is 0.250. The smallest absolute Gasteiger partial charge is 0.301 e. The molecule has 0 aliphatic carbocycles. The molecule has 8 nitrogen and oxygen atoms in total. The third-order valence-electron chi connectivity index (χ3n) is 6.65. The lowest BCUT2D eigenvalue weighted by Crippen LogP contribution is -2.29. The van der Waals surface area contributed by atoms with Crippen molar-refractivity contribution in [3.05, 3.63) is 101 Å². The SMILES string of the molecule is CCCCOc1ccc(C(O)=C2C(=O)C(=O)N(c3nnc(SCc4ccccc4)s3)[C@@H]2c2ccc(OCC)cc2)cc1. The number of nitrogens with zero attached hydrogens (tertiary/aromatic N) is 3. The van der Waals surface area contributed by atoms with Crippen molar-refractivity contribution in [1.29, 1.82) is 0 Å². The Bertz CT molecular complexity index is 1550. The second-order valence-electron chi connectivity index (χ2n) is 9.52. The van der Waals surface area contributed by atoms with Gasteiger partial charge in [0.1, 0.15) is 17.3 Å². The van der Waals surface area contributed by atoms with Crippen LogP contribution in [0.15, 0.2) is 88.8 Å². The molecule has 1 amide bonds. The zero-order valence-corrected chi connectivity index (χ0v) is 25.0. The molecule has 0 saturated carbocycles. The van der Waals surface area contributed by atoms with Crippen LogP contribution >= 0.6 is 23.1 Å². The molecule has 3 aromatic carbocycles. The first-order valence-electron chi connectivity index (χ1n) is 13.8. The van der Waals surface area contributed by atoms with Crippen molar-refractivity contribution >= 4 is 45.7 Å². The number of carbonyl (C=O) groups excluding carboxylic acids is 2. The number of ketones is 1. The lowest BCUT2D eigenvalue weighted by molar-refractivity contribution is -0.132. The predicted octanol–water partition coefficient (Wildman–Crippen LogP) is 7.03. The number of anilines is 1. The van der Waals surface area contributed by atoms with Gasteiger partial charge < -0.3 is 14.6 Å². The molecule has 1 atom stereocenters. The second-order valence-corrected chi connectivity index (χ2v) is 11.7. The molecule has 1 N–H and O–H groups in total. The standard InChI is InChI=1S/C32H31N3O5S2/c1-3-5-19-40-25-17-13-23(14-18-25)28(36)26-27(22-11-15-24(16-12-22)39-4-2)35(30(38)29(26)37)31-33-34-32(42-31)41-20-21-9-7-6-8-10-21/h6-18,27,36H,3-5,19-20H2,1-2H3/t27-/m1/s1. The second kappa shape index (κ2) is 13.7. The molecule has 0 unspecified atom stereocenters. The van der Waals surface area contributed by atoms with Crippen LogP contribution in [-0.4, -0.2) is 40.2 Å². The molecule has 5 rings (SSSR count). The van der Waals surface area contributed by atoms with E-state index in [0.29, 0.717) is 45.9 Å². The number of benzene rings is 3. The van der Waals surface area contributed by atoms with Gasteiger partial charge in [0.25, 0.3) is 5.78 Å². The molecule has 216 valence electrons. The lowest BCUT2D eigenvalue weighted by Gasteiger charge is -2.22. The van der Waals surface area contributed by atoms with Crippen LogP contribution in [0.1, 0.15) is 49.4 Å². The highest BCUT2D eigenvalue weighted by Gasteiger charge is 2.48. The van der Waals surface area contributed by atoms with Crippen LogP contribution in [0.4, 0.5) is 5.13 Å². The largest absolute Gasteiger partial charge is 0.507 e. The zero-order chi connectivity index (χ0) is 29.5. The van der Waals surface area contributed by atoms with E-state index < -0.39 is 17.7 Å². The molecule has 1 fully saturated rings. The summed E-state index contributed by atoms with van der Waals surface area (Å²) in [6.07, 6.45) is 1.96. The summed E-state index contributed by atoms with van der Waals surface area (Å²) >= 11 is 2.74. The Morgan fingerprint density at radius 1 is 0.929 bits per heavy atom. The Morgan fingerprint density at radius 3 is 2.31 bits per heavy atom. The fourth-order valence-electron chi connectivity index (χ4n) is 4.53. The van der Waals surface area contributed by atoms with Crippen LogP contribution in [0.25, 0.3) is 5.76 Å². The summed E-state index contributed by atoms with van der Waals surface area (Å²) in [6.45, 7) is 5.08. The van der Waals surface area contributed by atoms with Crippen molar-refractivity contribution in [2.45, 2.75) is 42.8 Å². The van der Waals surface area contributed by atoms with Crippen molar-refractivity contribution < 1.29 is 24.2 Å². The molecule has 42 heavy (non-hydrogen) atoms. The quantitative estimate of drug-likeness (QED) is 0.0461. The molecule has 0 radical (unpaired) electrons. The Hall–Kier alpha value is -4.15. The minimum absolute atomic E-state index is 0.0162. The van der Waals surface area contributed by atoms with Gasteiger partial charge in [-0.1, -0.05) is 78.9 Å². The molecule has 2 heterocycles. The lowest BCUT2D eigenvalue weighted by atomic mass is 9.95. The van der Waals surface area contributed by atoms with E-state index in [1.165, 1.54) is 28.0 Å². The maximum Gasteiger partial charge on any atom is 0.301 e. The summed E-state index contributed by atoms with van der Waals surface area (Å²) in [5.41, 5.74) is 2.16. The van der Waals surface area contributed by atoms with Crippen molar-refractivity contribution in [1.82, 2.24) is 10.2 Å². The first kappa shape index (κ1) is 29.3. The monoisotopic (exact) mass is 601 g/mol. The number of carbonyl (C=O) groups is 2. The summed E-state index contributed by atoms with van der Waals surface area (Å²) in [5.74, 6) is 0.187. The number of Topliss-reactive ketones (excluding diaryl/α,β-unsaturated/α-hetero) is 1. The molecule has 0 bridgehead atoms. The van der Waals surface area contributed by atoms with Crippen LogP contribution < -0.4 is 14.4 Å². The van der Waals surface area contributed by atoms with E-state index in [1.807, 2.05) is 37.3 Å². The third kappa shape index (κ3) is 6.50. The Morgan fingerprint density at radius 2 is 1.62 bits per heavy atom. The van der Waals surface area contributed by atoms with Gasteiger partial charge in [-0.15, -0.1) is 10.2 Å². The summed E-state index contributed by atoms with van der Waals surface area (Å²) < 4.78 is 12.0. The van der Waals surface area contributed by atoms with Crippen LogP contribution in [0, 0.1) is 0 Å². The molecule has 4 aromatic rings. The molecule has 1 saturated heterocycles. The Balaban J connectivity index is 1.50. The highest BCUT2D eigenvalue weighted by molar-refractivity contribution is 8.00. The summed E-state index contributed by atoms with van der Waals surface area (Å²) in [6, 6.07) is 23.1. The van der Waals surface area contributed by atoms with E-state index in [4.69, 9.17) is 9.47 Å². The van der Waals surface area contributed by atoms with Gasteiger partial charge in [0.05, 0.1) is 24.8 Å². The van der Waals surface area contributed by atoms with Gasteiger partial charge in [0.15, 0.2) is 4.34 Å². The number of aliphatic hydroxyl groups excluding tert-OH is 1. The Labute approximate surface area is 253 Å². The number of ether oxygens (including phenoxy) is 2. The van der Waals surface area contributed by atoms with E-state index in [0.717, 1.165) is 18.4 Å². The van der Waals surface area contributed by atoms with Crippen molar-refractivity contribution in [3.63, 3.8) is 0 Å². The van der Waals surface area contributed by atoms with Crippen molar-refractivity contribution in [3.8, 4) is 11.5 Å².